The van der Waals surface area contributed by atoms with Crippen molar-refractivity contribution in [2.45, 2.75) is 30.2 Å². The smallest absolute Gasteiger partial charge is 0.269 e. The van der Waals surface area contributed by atoms with Crippen LogP contribution in [0.2, 0.25) is 0 Å². The van der Waals surface area contributed by atoms with Crippen molar-refractivity contribution in [3.8, 4) is 11.5 Å². The third kappa shape index (κ3) is 4.67. The van der Waals surface area contributed by atoms with Crippen molar-refractivity contribution in [1.82, 2.24) is 9.31 Å². The average molecular weight is 572 g/mol. The highest BCUT2D eigenvalue weighted by molar-refractivity contribution is 7.90. The zero-order chi connectivity index (χ0) is 28.7. The van der Waals surface area contributed by atoms with Crippen LogP contribution in [0.25, 0.3) is 6.08 Å². The number of sulfonamides is 1. The van der Waals surface area contributed by atoms with Crippen molar-refractivity contribution in [2.75, 3.05) is 20.8 Å². The fourth-order valence-electron chi connectivity index (χ4n) is 5.83. The summed E-state index contributed by atoms with van der Waals surface area (Å²) in [4.78, 5) is 26.8. The van der Waals surface area contributed by atoms with Crippen molar-refractivity contribution < 1.29 is 27.5 Å². The van der Waals surface area contributed by atoms with Crippen LogP contribution in [0.15, 0.2) is 88.4 Å². The van der Waals surface area contributed by atoms with Gasteiger partial charge in [0.05, 0.1) is 31.5 Å². The lowest BCUT2D eigenvalue weighted by Gasteiger charge is -2.30. The Labute approximate surface area is 238 Å². The summed E-state index contributed by atoms with van der Waals surface area (Å²) in [7, 11) is -0.935. The van der Waals surface area contributed by atoms with E-state index in [-0.39, 0.29) is 16.4 Å². The largest absolute Gasteiger partial charge is 0.497 e. The second kappa shape index (κ2) is 10.5. The minimum atomic E-state index is -4.14. The number of benzene rings is 3. The minimum absolute atomic E-state index is 0.0677. The van der Waals surface area contributed by atoms with Crippen molar-refractivity contribution in [1.29, 1.82) is 0 Å². The second-order valence-corrected chi connectivity index (χ2v) is 12.0. The Morgan fingerprint density at radius 1 is 0.976 bits per heavy atom. The number of methoxy groups -OCH3 is 2. The summed E-state index contributed by atoms with van der Waals surface area (Å²) in [5, 5.41) is 6.20. The van der Waals surface area contributed by atoms with Crippen LogP contribution in [-0.2, 0) is 14.8 Å². The molecule has 2 heterocycles. The van der Waals surface area contributed by atoms with E-state index in [1.807, 2.05) is 48.5 Å². The fraction of sp³-hybridized carbons (Fsp3) is 0.258. The molecule has 6 rings (SSSR count). The van der Waals surface area contributed by atoms with Gasteiger partial charge in [0.15, 0.2) is 0 Å². The van der Waals surface area contributed by atoms with Crippen LogP contribution in [0.1, 0.15) is 46.8 Å². The van der Waals surface area contributed by atoms with Gasteiger partial charge in [-0.1, -0.05) is 36.4 Å². The normalized spacial score (nSPS) is 21.9. The zero-order valence-corrected chi connectivity index (χ0v) is 23.5. The zero-order valence-electron chi connectivity index (χ0n) is 22.7. The van der Waals surface area contributed by atoms with Crippen LogP contribution in [-0.4, -0.2) is 56.0 Å². The molecule has 3 aromatic rings. The molecule has 0 spiro atoms. The van der Waals surface area contributed by atoms with Gasteiger partial charge >= 0.3 is 0 Å². The Bertz CT molecular complexity index is 1680. The van der Waals surface area contributed by atoms with E-state index in [0.29, 0.717) is 10.1 Å². The van der Waals surface area contributed by atoms with Gasteiger partial charge in [0.25, 0.3) is 21.8 Å². The van der Waals surface area contributed by atoms with E-state index in [1.165, 1.54) is 17.1 Å². The van der Waals surface area contributed by atoms with E-state index >= 15 is 0 Å². The molecule has 3 aliphatic rings. The summed E-state index contributed by atoms with van der Waals surface area (Å²) >= 11 is 0. The third-order valence-electron chi connectivity index (χ3n) is 7.86. The molecule has 0 radical (unpaired) electrons. The first-order chi connectivity index (χ1) is 19.8. The molecule has 0 bridgehead atoms. The highest BCUT2D eigenvalue weighted by Gasteiger charge is 2.47. The topological polar surface area (TPSA) is 106 Å². The van der Waals surface area contributed by atoms with Gasteiger partial charge in [-0.05, 0) is 78.4 Å². The third-order valence-corrected chi connectivity index (χ3v) is 9.65. The number of ether oxygens (including phenoxy) is 2. The number of hydrogen-bond acceptors (Lipinski definition) is 7. The first kappa shape index (κ1) is 26.8. The Balaban J connectivity index is 1.37. The van der Waals surface area contributed by atoms with Crippen LogP contribution in [0.4, 0.5) is 0 Å². The van der Waals surface area contributed by atoms with Gasteiger partial charge in [-0.25, -0.2) is 17.7 Å². The predicted molar refractivity (Wildman–Crippen MR) is 153 cm³/mol. The maximum Gasteiger partial charge on any atom is 0.269 e. The summed E-state index contributed by atoms with van der Waals surface area (Å²) < 4.78 is 37.6. The van der Waals surface area contributed by atoms with Crippen LogP contribution in [0.5, 0.6) is 11.5 Å². The van der Waals surface area contributed by atoms with Crippen LogP contribution < -0.4 is 9.47 Å². The molecular formula is C31H29N3O6S. The number of hydrogen-bond donors (Lipinski definition) is 0. The molecule has 41 heavy (non-hydrogen) atoms. The van der Waals surface area contributed by atoms with Gasteiger partial charge in [0.2, 0.25) is 0 Å². The van der Waals surface area contributed by atoms with Gasteiger partial charge in [-0.2, -0.15) is 5.10 Å². The van der Waals surface area contributed by atoms with Gasteiger partial charge in [0, 0.05) is 5.92 Å². The number of nitrogens with zero attached hydrogens (tertiary/aromatic N) is 3. The Hall–Kier alpha value is -4.44. The minimum Gasteiger partial charge on any atom is -0.497 e. The lowest BCUT2D eigenvalue weighted by Crippen LogP contribution is -2.41. The number of hydrazone groups is 1. The monoisotopic (exact) mass is 571 g/mol. The summed E-state index contributed by atoms with van der Waals surface area (Å²) in [5.41, 5.74) is 3.74. The average Bonchev–Trinajstić information content (AvgIpc) is 3.48. The Morgan fingerprint density at radius 2 is 1.63 bits per heavy atom. The molecule has 9 nitrogen and oxygen atoms in total. The van der Waals surface area contributed by atoms with E-state index in [2.05, 4.69) is 6.08 Å². The van der Waals surface area contributed by atoms with Crippen molar-refractivity contribution in [3.63, 3.8) is 0 Å². The molecule has 0 aromatic heterocycles. The molecule has 0 N–H and O–H groups in total. The quantitative estimate of drug-likeness (QED) is 0.426. The van der Waals surface area contributed by atoms with Gasteiger partial charge in [0.1, 0.15) is 22.9 Å². The fourth-order valence-corrected chi connectivity index (χ4v) is 7.34. The summed E-state index contributed by atoms with van der Waals surface area (Å²) in [6.45, 7) is -0.635. The molecular weight excluding hydrogens is 542 g/mol. The highest BCUT2D eigenvalue weighted by atomic mass is 32.2. The standard InChI is InChI=1S/C31H29N3O6S/c1-39-23-14-10-20(11-15-23)18-22-6-5-8-26-29(22)32-34(30(26)21-12-16-24(40-2)17-13-21)28(35)19-33-31(36)25-7-3-4-9-27(25)41(33,37)38/h3-4,7,9-18,26,30H,5-6,8,19H2,1-2H3. The maximum atomic E-state index is 13.9. The number of carbonyl (C=O) groups is 2. The van der Waals surface area contributed by atoms with Crippen molar-refractivity contribution >= 4 is 33.6 Å². The van der Waals surface area contributed by atoms with Crippen molar-refractivity contribution in [2.24, 2.45) is 11.0 Å². The number of allylic oxidation sites excluding steroid dienone is 1. The molecule has 1 saturated carbocycles. The number of fused-ring (bicyclic) bond motifs is 2. The first-order valence-electron chi connectivity index (χ1n) is 13.4. The van der Waals surface area contributed by atoms with Crippen LogP contribution in [0, 0.1) is 5.92 Å². The van der Waals surface area contributed by atoms with Crippen LogP contribution >= 0.6 is 0 Å². The molecule has 10 heteroatoms. The van der Waals surface area contributed by atoms with Crippen LogP contribution in [0.3, 0.4) is 0 Å². The predicted octanol–water partition coefficient (Wildman–Crippen LogP) is 4.67. The summed E-state index contributed by atoms with van der Waals surface area (Å²) in [6, 6.07) is 20.7. The van der Waals surface area contributed by atoms with Gasteiger partial charge in [-0.15, -0.1) is 0 Å². The van der Waals surface area contributed by atoms with E-state index in [4.69, 9.17) is 14.6 Å². The molecule has 210 valence electrons. The van der Waals surface area contributed by atoms with Gasteiger partial charge < -0.3 is 9.47 Å². The lowest BCUT2D eigenvalue weighted by molar-refractivity contribution is -0.133. The highest BCUT2D eigenvalue weighted by Crippen LogP contribution is 2.45. The second-order valence-electron chi connectivity index (χ2n) is 10.2. The molecule has 2 unspecified atom stereocenters. The van der Waals surface area contributed by atoms with E-state index in [9.17, 15) is 18.0 Å². The van der Waals surface area contributed by atoms with Gasteiger partial charge in [-0.3, -0.25) is 9.59 Å². The molecule has 3 aromatic carbocycles. The number of carbonyl (C=O) groups excluding carboxylic acids is 2. The summed E-state index contributed by atoms with van der Waals surface area (Å²) in [5.74, 6) is 0.0760. The maximum absolute atomic E-state index is 13.9. The SMILES string of the molecule is COc1ccc(C=C2CCCC3C2=NN(C(=O)CN2C(=O)c4ccccc4S2(=O)=O)C3c2ccc(OC)cc2)cc1. The molecule has 2 amide bonds. The molecule has 0 saturated heterocycles. The van der Waals surface area contributed by atoms with E-state index < -0.39 is 34.4 Å². The Kier molecular flexibility index (Phi) is 6.86. The molecule has 1 aliphatic carbocycles. The number of amides is 2. The molecule has 1 fully saturated rings. The number of rotatable bonds is 6. The van der Waals surface area contributed by atoms with Crippen molar-refractivity contribution in [3.05, 3.63) is 95.1 Å². The Morgan fingerprint density at radius 3 is 2.29 bits per heavy atom. The van der Waals surface area contributed by atoms with E-state index in [1.54, 1.807) is 26.4 Å². The molecule has 2 atom stereocenters. The van der Waals surface area contributed by atoms with E-state index in [0.717, 1.165) is 47.4 Å². The molecule has 2 aliphatic heterocycles. The summed E-state index contributed by atoms with van der Waals surface area (Å²) in [6.07, 6.45) is 4.60. The first-order valence-corrected chi connectivity index (χ1v) is 14.8. The lowest BCUT2D eigenvalue weighted by atomic mass is 9.77.